The number of ether oxygens (including phenoxy) is 1. The molecule has 2 fully saturated rings. The van der Waals surface area contributed by atoms with Gasteiger partial charge in [0, 0.05) is 44.9 Å². The molecule has 0 aliphatic carbocycles. The molecule has 1 aromatic carbocycles. The Morgan fingerprint density at radius 2 is 1.80 bits per heavy atom. The van der Waals surface area contributed by atoms with Crippen molar-refractivity contribution >= 4 is 11.9 Å². The first-order valence-electron chi connectivity index (χ1n) is 9.19. The zero-order valence-corrected chi connectivity index (χ0v) is 14.7. The van der Waals surface area contributed by atoms with Crippen LogP contribution < -0.4 is 5.32 Å². The van der Waals surface area contributed by atoms with E-state index in [1.165, 1.54) is 0 Å². The largest absolute Gasteiger partial charge is 0.381 e. The van der Waals surface area contributed by atoms with Crippen LogP contribution in [0.3, 0.4) is 0 Å². The molecule has 0 aromatic heterocycles. The molecule has 0 saturated carbocycles. The summed E-state index contributed by atoms with van der Waals surface area (Å²) in [5.74, 6) is 0.461. The summed E-state index contributed by atoms with van der Waals surface area (Å²) in [6, 6.07) is 9.30. The molecule has 3 rings (SSSR count). The van der Waals surface area contributed by atoms with Gasteiger partial charge >= 0.3 is 6.03 Å². The van der Waals surface area contributed by atoms with Gasteiger partial charge in [0.05, 0.1) is 6.61 Å². The van der Waals surface area contributed by atoms with Crippen molar-refractivity contribution in [2.24, 2.45) is 5.92 Å². The minimum absolute atomic E-state index is 0.0282. The normalized spacial score (nSPS) is 21.5. The van der Waals surface area contributed by atoms with Crippen LogP contribution in [0.4, 0.5) is 4.79 Å². The van der Waals surface area contributed by atoms with Crippen LogP contribution in [0.25, 0.3) is 0 Å². The van der Waals surface area contributed by atoms with Crippen molar-refractivity contribution in [1.82, 2.24) is 15.1 Å². The van der Waals surface area contributed by atoms with Crippen molar-refractivity contribution in [3.63, 3.8) is 0 Å². The minimum atomic E-state index is -0.0282. The van der Waals surface area contributed by atoms with Crippen LogP contribution in [0.1, 0.15) is 29.6 Å². The molecule has 25 heavy (non-hydrogen) atoms. The van der Waals surface area contributed by atoms with Crippen molar-refractivity contribution in [2.75, 3.05) is 45.9 Å². The zero-order chi connectivity index (χ0) is 17.5. The molecule has 0 radical (unpaired) electrons. The second-order valence-electron chi connectivity index (χ2n) is 6.77. The Morgan fingerprint density at radius 3 is 2.56 bits per heavy atom. The average Bonchev–Trinajstić information content (AvgIpc) is 2.93. The number of carbonyl (C=O) groups is 2. The predicted molar refractivity (Wildman–Crippen MR) is 95.5 cm³/mol. The Bertz CT molecular complexity index is 573. The molecule has 1 aromatic rings. The number of benzene rings is 1. The van der Waals surface area contributed by atoms with Crippen molar-refractivity contribution < 1.29 is 14.3 Å². The summed E-state index contributed by atoms with van der Waals surface area (Å²) in [5.41, 5.74) is 0.706. The maximum atomic E-state index is 12.6. The third-order valence-corrected chi connectivity index (χ3v) is 4.89. The first-order chi connectivity index (χ1) is 12.2. The summed E-state index contributed by atoms with van der Waals surface area (Å²) >= 11 is 0. The molecule has 0 bridgehead atoms. The lowest BCUT2D eigenvalue weighted by Gasteiger charge is -2.25. The second-order valence-corrected chi connectivity index (χ2v) is 6.77. The summed E-state index contributed by atoms with van der Waals surface area (Å²) in [6.45, 7) is 4.77. The zero-order valence-electron chi connectivity index (χ0n) is 14.7. The lowest BCUT2D eigenvalue weighted by Crippen LogP contribution is -2.44. The van der Waals surface area contributed by atoms with Crippen molar-refractivity contribution in [1.29, 1.82) is 0 Å². The molecule has 2 saturated heterocycles. The van der Waals surface area contributed by atoms with Crippen molar-refractivity contribution in [2.45, 2.75) is 19.3 Å². The minimum Gasteiger partial charge on any atom is -0.381 e. The van der Waals surface area contributed by atoms with Crippen LogP contribution in [-0.2, 0) is 4.74 Å². The summed E-state index contributed by atoms with van der Waals surface area (Å²) in [5, 5.41) is 3.03. The molecule has 2 heterocycles. The Labute approximate surface area is 149 Å². The highest BCUT2D eigenvalue weighted by Gasteiger charge is 2.23. The monoisotopic (exact) mass is 345 g/mol. The van der Waals surface area contributed by atoms with E-state index in [1.54, 1.807) is 0 Å². The number of rotatable bonds is 3. The molecule has 136 valence electrons. The van der Waals surface area contributed by atoms with E-state index < -0.39 is 0 Å². The van der Waals surface area contributed by atoms with Crippen LogP contribution >= 0.6 is 0 Å². The number of nitrogens with zero attached hydrogens (tertiary/aromatic N) is 2. The van der Waals surface area contributed by atoms with Crippen molar-refractivity contribution in [3.05, 3.63) is 35.9 Å². The van der Waals surface area contributed by atoms with Gasteiger partial charge in [-0.3, -0.25) is 4.79 Å². The smallest absolute Gasteiger partial charge is 0.317 e. The number of urea groups is 1. The first kappa shape index (κ1) is 17.7. The van der Waals surface area contributed by atoms with Gasteiger partial charge in [0.1, 0.15) is 0 Å². The van der Waals surface area contributed by atoms with Gasteiger partial charge in [-0.2, -0.15) is 0 Å². The fourth-order valence-electron chi connectivity index (χ4n) is 3.40. The van der Waals surface area contributed by atoms with E-state index in [9.17, 15) is 9.59 Å². The molecule has 3 amide bonds. The highest BCUT2D eigenvalue weighted by molar-refractivity contribution is 5.94. The maximum absolute atomic E-state index is 12.6. The predicted octanol–water partition coefficient (Wildman–Crippen LogP) is 1.97. The van der Waals surface area contributed by atoms with E-state index in [4.69, 9.17) is 4.74 Å². The van der Waals surface area contributed by atoms with Crippen LogP contribution in [0.5, 0.6) is 0 Å². The third kappa shape index (κ3) is 4.95. The van der Waals surface area contributed by atoms with Gasteiger partial charge in [-0.1, -0.05) is 18.2 Å². The SMILES string of the molecule is O=C(NCC1CCCOC1)N1CCCN(C(=O)c2ccccc2)CC1. The number of hydrogen-bond donors (Lipinski definition) is 1. The summed E-state index contributed by atoms with van der Waals surface area (Å²) in [6.07, 6.45) is 2.99. The molecule has 1 atom stereocenters. The van der Waals surface area contributed by atoms with Crippen LogP contribution in [0.2, 0.25) is 0 Å². The second kappa shape index (κ2) is 8.85. The molecule has 1 unspecified atom stereocenters. The first-order valence-corrected chi connectivity index (χ1v) is 9.19. The van der Waals surface area contributed by atoms with Crippen LogP contribution in [0.15, 0.2) is 30.3 Å². The van der Waals surface area contributed by atoms with Gasteiger partial charge in [0.25, 0.3) is 5.91 Å². The lowest BCUT2D eigenvalue weighted by atomic mass is 10.0. The highest BCUT2D eigenvalue weighted by atomic mass is 16.5. The van der Waals surface area contributed by atoms with E-state index in [1.807, 2.05) is 40.1 Å². The molecular weight excluding hydrogens is 318 g/mol. The number of nitrogens with one attached hydrogen (secondary N) is 1. The van der Waals surface area contributed by atoms with E-state index in [2.05, 4.69) is 5.32 Å². The van der Waals surface area contributed by atoms with Gasteiger partial charge in [-0.15, -0.1) is 0 Å². The topological polar surface area (TPSA) is 61.9 Å². The molecule has 6 heteroatoms. The van der Waals surface area contributed by atoms with E-state index >= 15 is 0 Å². The molecule has 1 N–H and O–H groups in total. The van der Waals surface area contributed by atoms with Gasteiger partial charge in [-0.25, -0.2) is 4.79 Å². The summed E-state index contributed by atoms with van der Waals surface area (Å²) in [4.78, 5) is 28.6. The van der Waals surface area contributed by atoms with Crippen molar-refractivity contribution in [3.8, 4) is 0 Å². The van der Waals surface area contributed by atoms with E-state index in [-0.39, 0.29) is 11.9 Å². The van der Waals surface area contributed by atoms with E-state index in [0.29, 0.717) is 44.2 Å². The molecule has 0 spiro atoms. The molecule has 2 aliphatic heterocycles. The number of amides is 3. The lowest BCUT2D eigenvalue weighted by molar-refractivity contribution is 0.0551. The van der Waals surface area contributed by atoms with Crippen LogP contribution in [0, 0.1) is 5.92 Å². The molecule has 2 aliphatic rings. The standard InChI is InChI=1S/C19H27N3O3/c23-18(17-7-2-1-3-8-17)21-9-5-10-22(12-11-21)19(24)20-14-16-6-4-13-25-15-16/h1-3,7-8,16H,4-6,9-15H2,(H,20,24). The number of carbonyl (C=O) groups excluding carboxylic acids is 2. The Balaban J connectivity index is 1.47. The Morgan fingerprint density at radius 1 is 1.04 bits per heavy atom. The fourth-order valence-corrected chi connectivity index (χ4v) is 3.40. The number of hydrogen-bond acceptors (Lipinski definition) is 3. The molecular formula is C19H27N3O3. The Kier molecular flexibility index (Phi) is 6.28. The average molecular weight is 345 g/mol. The summed E-state index contributed by atoms with van der Waals surface area (Å²) in [7, 11) is 0. The van der Waals surface area contributed by atoms with E-state index in [0.717, 1.165) is 32.5 Å². The highest BCUT2D eigenvalue weighted by Crippen LogP contribution is 2.13. The Hall–Kier alpha value is -2.08. The van der Waals surface area contributed by atoms with Gasteiger partial charge < -0.3 is 19.9 Å². The third-order valence-electron chi connectivity index (χ3n) is 4.89. The molecule has 6 nitrogen and oxygen atoms in total. The van der Waals surface area contributed by atoms with Gasteiger partial charge in [-0.05, 0) is 37.3 Å². The quantitative estimate of drug-likeness (QED) is 0.911. The maximum Gasteiger partial charge on any atom is 0.317 e. The van der Waals surface area contributed by atoms with Gasteiger partial charge in [0.15, 0.2) is 0 Å². The fraction of sp³-hybridized carbons (Fsp3) is 0.579. The van der Waals surface area contributed by atoms with Crippen LogP contribution in [-0.4, -0.2) is 67.7 Å². The summed E-state index contributed by atoms with van der Waals surface area (Å²) < 4.78 is 5.45. The van der Waals surface area contributed by atoms with Gasteiger partial charge in [0.2, 0.25) is 0 Å².